The first-order valence-corrected chi connectivity index (χ1v) is 11.7. The van der Waals surface area contributed by atoms with Gasteiger partial charge in [-0.3, -0.25) is 10.2 Å². The second-order valence-electron chi connectivity index (χ2n) is 7.62. The van der Waals surface area contributed by atoms with Crippen LogP contribution in [-0.4, -0.2) is 23.2 Å². The molecule has 1 amide bonds. The van der Waals surface area contributed by atoms with Gasteiger partial charge in [0.1, 0.15) is 0 Å². The van der Waals surface area contributed by atoms with Crippen LogP contribution in [0.25, 0.3) is 0 Å². The fourth-order valence-electron chi connectivity index (χ4n) is 4.63. The van der Waals surface area contributed by atoms with Gasteiger partial charge in [-0.25, -0.2) is 5.01 Å². The molecule has 1 saturated heterocycles. The number of nitrogens with zero attached hydrogens (tertiary/aromatic N) is 1. The number of rotatable bonds is 5. The molecule has 0 bridgehead atoms. The molecular weight excluding hydrogens is 355 g/mol. The van der Waals surface area contributed by atoms with Gasteiger partial charge in [-0.2, -0.15) is 0 Å². The highest BCUT2D eigenvalue weighted by molar-refractivity contribution is 7.79. The number of amides is 1. The molecule has 1 saturated carbocycles. The van der Waals surface area contributed by atoms with Crippen LogP contribution >= 0.6 is 7.14 Å². The Morgan fingerprint density at radius 2 is 1.44 bits per heavy atom. The molecule has 2 fully saturated rings. The van der Waals surface area contributed by atoms with Gasteiger partial charge in [0.15, 0.2) is 7.14 Å². The summed E-state index contributed by atoms with van der Waals surface area (Å²) in [6.45, 7) is 0.629. The van der Waals surface area contributed by atoms with Crippen molar-refractivity contribution < 1.29 is 9.36 Å². The molecule has 1 N–H and O–H groups in total. The zero-order valence-electron chi connectivity index (χ0n) is 15.6. The third kappa shape index (κ3) is 3.61. The maximum absolute atomic E-state index is 14.9. The summed E-state index contributed by atoms with van der Waals surface area (Å²) in [5.41, 5.74) is 3.02. The van der Waals surface area contributed by atoms with Gasteiger partial charge in [-0.05, 0) is 18.8 Å². The van der Waals surface area contributed by atoms with Gasteiger partial charge in [0, 0.05) is 23.6 Å². The molecule has 2 aliphatic rings. The lowest BCUT2D eigenvalue weighted by Gasteiger charge is -2.41. The number of carbonyl (C=O) groups is 1. The van der Waals surface area contributed by atoms with Gasteiger partial charge in [0.05, 0.1) is 5.78 Å². The van der Waals surface area contributed by atoms with Crippen molar-refractivity contribution in [2.24, 2.45) is 5.92 Å². The molecule has 4 rings (SSSR count). The number of hydrogen-bond donors (Lipinski definition) is 1. The highest BCUT2D eigenvalue weighted by Crippen LogP contribution is 2.55. The molecule has 1 heterocycles. The van der Waals surface area contributed by atoms with Crippen molar-refractivity contribution in [3.8, 4) is 0 Å². The van der Waals surface area contributed by atoms with E-state index in [1.165, 1.54) is 19.3 Å². The molecule has 142 valence electrons. The Bertz CT molecular complexity index is 775. The van der Waals surface area contributed by atoms with E-state index < -0.39 is 7.14 Å². The van der Waals surface area contributed by atoms with E-state index in [1.54, 1.807) is 0 Å². The Hall–Kier alpha value is -1.90. The van der Waals surface area contributed by atoms with Gasteiger partial charge in [-0.1, -0.05) is 79.9 Å². The molecule has 2 aromatic rings. The maximum Gasteiger partial charge on any atom is 0.235 e. The first-order chi connectivity index (χ1) is 13.2. The van der Waals surface area contributed by atoms with Crippen LogP contribution in [0.4, 0.5) is 0 Å². The first kappa shape index (κ1) is 18.5. The van der Waals surface area contributed by atoms with E-state index in [1.807, 2.05) is 65.7 Å². The van der Waals surface area contributed by atoms with Crippen molar-refractivity contribution in [3.63, 3.8) is 0 Å². The average molecular weight is 382 g/mol. The van der Waals surface area contributed by atoms with Gasteiger partial charge in [-0.15, -0.1) is 0 Å². The van der Waals surface area contributed by atoms with E-state index in [0.29, 0.717) is 18.9 Å². The quantitative estimate of drug-likeness (QED) is 0.804. The van der Waals surface area contributed by atoms with E-state index in [9.17, 15) is 9.36 Å². The van der Waals surface area contributed by atoms with Crippen molar-refractivity contribution >= 4 is 23.7 Å². The van der Waals surface area contributed by atoms with Crippen LogP contribution in [0, 0.1) is 5.92 Å². The monoisotopic (exact) mass is 382 g/mol. The van der Waals surface area contributed by atoms with Crippen LogP contribution in [0.5, 0.6) is 0 Å². The fraction of sp³-hybridized carbons (Fsp3) is 0.409. The van der Waals surface area contributed by atoms with Crippen molar-refractivity contribution in [1.82, 2.24) is 10.4 Å². The molecule has 0 radical (unpaired) electrons. The number of nitrogens with one attached hydrogen (secondary N) is 1. The standard InChI is InChI=1S/C22H27N2O2P/c25-21-16-17-24(23-21)22(18-10-4-1-5-11-18)27(26,19-12-6-2-7-13-19)20-14-8-3-9-15-20/h2-3,6-9,12-15,18,22H,1,4-5,10-11,16-17H2,(H,23,25)/t22-/m1/s1. The lowest BCUT2D eigenvalue weighted by Crippen LogP contribution is -2.49. The Morgan fingerprint density at radius 1 is 0.889 bits per heavy atom. The Balaban J connectivity index is 1.86. The van der Waals surface area contributed by atoms with Crippen LogP contribution in [0.1, 0.15) is 38.5 Å². The number of hydrazine groups is 1. The van der Waals surface area contributed by atoms with Gasteiger partial charge in [0.2, 0.25) is 5.91 Å². The zero-order chi connectivity index (χ0) is 18.7. The third-order valence-corrected chi connectivity index (χ3v) is 9.47. The second-order valence-corrected chi connectivity index (χ2v) is 10.5. The van der Waals surface area contributed by atoms with E-state index in [0.717, 1.165) is 23.5 Å². The van der Waals surface area contributed by atoms with Crippen molar-refractivity contribution in [2.75, 3.05) is 6.54 Å². The SMILES string of the molecule is O=C1CCN([C@@H](C2CCCCC2)P(=O)(c2ccccc2)c2ccccc2)N1. The molecule has 1 aliphatic carbocycles. The first-order valence-electron chi connectivity index (χ1n) is 9.96. The summed E-state index contributed by atoms with van der Waals surface area (Å²) in [7, 11) is -2.97. The second kappa shape index (κ2) is 8.00. The molecule has 0 unspecified atom stereocenters. The van der Waals surface area contributed by atoms with E-state index in [2.05, 4.69) is 5.43 Å². The van der Waals surface area contributed by atoms with Gasteiger partial charge in [0.25, 0.3) is 0 Å². The van der Waals surface area contributed by atoms with Crippen molar-refractivity contribution in [2.45, 2.75) is 44.3 Å². The lowest BCUT2D eigenvalue weighted by molar-refractivity contribution is -0.121. The summed E-state index contributed by atoms with van der Waals surface area (Å²) in [5.74, 6) is 0.168. The summed E-state index contributed by atoms with van der Waals surface area (Å²) < 4.78 is 14.9. The molecule has 27 heavy (non-hydrogen) atoms. The third-order valence-electron chi connectivity index (χ3n) is 5.89. The molecule has 4 nitrogen and oxygen atoms in total. The zero-order valence-corrected chi connectivity index (χ0v) is 16.5. The predicted molar refractivity (Wildman–Crippen MR) is 110 cm³/mol. The van der Waals surface area contributed by atoms with Crippen LogP contribution < -0.4 is 16.0 Å². The summed E-state index contributed by atoms with van der Waals surface area (Å²) in [5, 5.41) is 3.76. The number of hydrogen-bond acceptors (Lipinski definition) is 3. The van der Waals surface area contributed by atoms with Crippen molar-refractivity contribution in [3.05, 3.63) is 60.7 Å². The van der Waals surface area contributed by atoms with Gasteiger partial charge < -0.3 is 4.57 Å². The molecule has 0 aromatic heterocycles. The lowest BCUT2D eigenvalue weighted by atomic mass is 9.89. The van der Waals surface area contributed by atoms with Crippen molar-refractivity contribution in [1.29, 1.82) is 0 Å². The summed E-state index contributed by atoms with van der Waals surface area (Å²) in [6, 6.07) is 19.7. The van der Waals surface area contributed by atoms with E-state index >= 15 is 0 Å². The minimum absolute atomic E-state index is 0.0310. The number of carbonyl (C=O) groups excluding carboxylic acids is 1. The Labute approximate surface area is 161 Å². The van der Waals surface area contributed by atoms with E-state index in [-0.39, 0.29) is 11.7 Å². The summed E-state index contributed by atoms with van der Waals surface area (Å²) >= 11 is 0. The van der Waals surface area contributed by atoms with Crippen LogP contribution in [0.2, 0.25) is 0 Å². The van der Waals surface area contributed by atoms with Crippen LogP contribution in [0.3, 0.4) is 0 Å². The highest BCUT2D eigenvalue weighted by atomic mass is 31.2. The van der Waals surface area contributed by atoms with Crippen LogP contribution in [-0.2, 0) is 9.36 Å². The molecule has 5 heteroatoms. The smallest absolute Gasteiger partial charge is 0.235 e. The largest absolute Gasteiger partial charge is 0.312 e. The number of benzene rings is 2. The average Bonchev–Trinajstić information content (AvgIpc) is 3.16. The Kier molecular flexibility index (Phi) is 5.47. The summed E-state index contributed by atoms with van der Waals surface area (Å²) in [6.07, 6.45) is 6.21. The molecule has 0 spiro atoms. The predicted octanol–water partition coefficient (Wildman–Crippen LogP) is 3.64. The Morgan fingerprint density at radius 3 is 1.93 bits per heavy atom. The van der Waals surface area contributed by atoms with Crippen LogP contribution in [0.15, 0.2) is 60.7 Å². The molecular formula is C22H27N2O2P. The maximum atomic E-state index is 14.9. The highest BCUT2D eigenvalue weighted by Gasteiger charge is 2.46. The van der Waals surface area contributed by atoms with E-state index in [4.69, 9.17) is 0 Å². The fourth-order valence-corrected chi connectivity index (χ4v) is 8.22. The minimum Gasteiger partial charge on any atom is -0.312 e. The molecule has 2 aromatic carbocycles. The minimum atomic E-state index is -2.97. The molecule has 1 atom stereocenters. The molecule has 1 aliphatic heterocycles. The summed E-state index contributed by atoms with van der Waals surface area (Å²) in [4.78, 5) is 12.0. The normalized spacial score (nSPS) is 20.4. The topological polar surface area (TPSA) is 49.4 Å². The van der Waals surface area contributed by atoms with Gasteiger partial charge >= 0.3 is 0 Å².